The van der Waals surface area contributed by atoms with E-state index in [1.807, 2.05) is 12.1 Å². The van der Waals surface area contributed by atoms with Gasteiger partial charge in [-0.1, -0.05) is 13.3 Å². The van der Waals surface area contributed by atoms with Gasteiger partial charge in [-0.25, -0.2) is 4.79 Å². The summed E-state index contributed by atoms with van der Waals surface area (Å²) in [7, 11) is 4.33. The summed E-state index contributed by atoms with van der Waals surface area (Å²) < 4.78 is 11.0. The molecule has 2 atom stereocenters. The van der Waals surface area contributed by atoms with Gasteiger partial charge in [0.1, 0.15) is 11.9 Å². The number of hydrogen-bond donors (Lipinski definition) is 0. The molecule has 0 aromatic heterocycles. The van der Waals surface area contributed by atoms with E-state index in [2.05, 4.69) is 36.9 Å². The first kappa shape index (κ1) is 16.7. The normalized spacial score (nSPS) is 29.4. The van der Waals surface area contributed by atoms with Crippen molar-refractivity contribution in [2.45, 2.75) is 63.1 Å². The minimum atomic E-state index is -0.566. The van der Waals surface area contributed by atoms with Crippen molar-refractivity contribution in [1.29, 1.82) is 0 Å². The lowest BCUT2D eigenvalue weighted by Gasteiger charge is -2.32. The second-order valence-electron chi connectivity index (χ2n) is 8.04. The number of ether oxygens (including phenoxy) is 2. The van der Waals surface area contributed by atoms with Gasteiger partial charge < -0.3 is 14.4 Å². The Kier molecular flexibility index (Phi) is 4.14. The second kappa shape index (κ2) is 6.20. The van der Waals surface area contributed by atoms with E-state index in [1.165, 1.54) is 17.7 Å². The summed E-state index contributed by atoms with van der Waals surface area (Å²) in [4.78, 5) is 16.9. The molecule has 2 fully saturated rings. The molecule has 3 aliphatic rings. The summed E-state index contributed by atoms with van der Waals surface area (Å²) in [6.45, 7) is 3.40. The topological polar surface area (TPSA) is 42.0 Å². The first-order chi connectivity index (χ1) is 12.0. The third-order valence-electron chi connectivity index (χ3n) is 6.32. The number of carbonyl (C=O) groups is 1. The molecule has 2 heterocycles. The quantitative estimate of drug-likeness (QED) is 0.601. The van der Waals surface area contributed by atoms with E-state index >= 15 is 0 Å². The van der Waals surface area contributed by atoms with Gasteiger partial charge in [0.2, 0.25) is 0 Å². The maximum Gasteiger partial charge on any atom is 0.514 e. The average molecular weight is 344 g/mol. The van der Waals surface area contributed by atoms with Crippen LogP contribution in [0.2, 0.25) is 0 Å². The lowest BCUT2D eigenvalue weighted by molar-refractivity contribution is 0.0416. The van der Waals surface area contributed by atoms with Crippen molar-refractivity contribution in [1.82, 2.24) is 4.90 Å². The van der Waals surface area contributed by atoms with Crippen molar-refractivity contribution < 1.29 is 14.3 Å². The fourth-order valence-corrected chi connectivity index (χ4v) is 5.06. The van der Waals surface area contributed by atoms with Crippen molar-refractivity contribution in [3.63, 3.8) is 0 Å². The number of carbonyl (C=O) groups excluding carboxylic acids is 1. The SMILES string of the molecule is CN1CC[C@@]2(C)c3cc(OC(=O)OC4CCCCC4)ccc3N(C)[C@H]12. The van der Waals surface area contributed by atoms with Gasteiger partial charge in [0.15, 0.2) is 0 Å². The molecule has 5 heteroatoms. The summed E-state index contributed by atoms with van der Waals surface area (Å²) in [5, 5.41) is 0. The number of likely N-dealkylation sites (tertiary alicyclic amines) is 1. The highest BCUT2D eigenvalue weighted by Gasteiger charge is 2.52. The zero-order valence-corrected chi connectivity index (χ0v) is 15.5. The fourth-order valence-electron chi connectivity index (χ4n) is 5.06. The molecular formula is C20H28N2O3. The van der Waals surface area contributed by atoms with Gasteiger partial charge >= 0.3 is 6.16 Å². The van der Waals surface area contributed by atoms with Crippen LogP contribution in [-0.4, -0.2) is 44.0 Å². The van der Waals surface area contributed by atoms with Crippen molar-refractivity contribution >= 4 is 11.8 Å². The van der Waals surface area contributed by atoms with E-state index in [9.17, 15) is 4.79 Å². The molecule has 4 rings (SSSR count). The number of hydrogen-bond acceptors (Lipinski definition) is 5. The predicted molar refractivity (Wildman–Crippen MR) is 97.2 cm³/mol. The highest BCUT2D eigenvalue weighted by atomic mass is 16.7. The molecule has 0 bridgehead atoms. The molecule has 1 aromatic rings. The largest absolute Gasteiger partial charge is 0.514 e. The van der Waals surface area contributed by atoms with Crippen LogP contribution in [0.15, 0.2) is 18.2 Å². The molecule has 0 spiro atoms. The zero-order valence-electron chi connectivity index (χ0n) is 15.5. The van der Waals surface area contributed by atoms with Gasteiger partial charge in [-0.3, -0.25) is 4.90 Å². The van der Waals surface area contributed by atoms with Crippen molar-refractivity contribution in [2.24, 2.45) is 0 Å². The summed E-state index contributed by atoms with van der Waals surface area (Å²) in [6, 6.07) is 5.98. The van der Waals surface area contributed by atoms with E-state index < -0.39 is 6.16 Å². The molecule has 1 saturated carbocycles. The first-order valence-corrected chi connectivity index (χ1v) is 9.45. The summed E-state index contributed by atoms with van der Waals surface area (Å²) in [5.74, 6) is 0.587. The number of rotatable bonds is 2. The highest BCUT2D eigenvalue weighted by Crippen LogP contribution is 2.51. The fraction of sp³-hybridized carbons (Fsp3) is 0.650. The number of anilines is 1. The third kappa shape index (κ3) is 2.78. The Labute approximate surface area is 149 Å². The molecule has 136 valence electrons. The molecule has 0 amide bonds. The van der Waals surface area contributed by atoms with E-state index in [0.29, 0.717) is 11.9 Å². The maximum absolute atomic E-state index is 12.1. The minimum absolute atomic E-state index is 0.0205. The molecular weight excluding hydrogens is 316 g/mol. The van der Waals surface area contributed by atoms with Crippen LogP contribution in [0, 0.1) is 0 Å². The molecule has 0 radical (unpaired) electrons. The van der Waals surface area contributed by atoms with Gasteiger partial charge in [-0.15, -0.1) is 0 Å². The lowest BCUT2D eigenvalue weighted by Crippen LogP contribution is -2.45. The predicted octanol–water partition coefficient (Wildman–Crippen LogP) is 3.90. The lowest BCUT2D eigenvalue weighted by atomic mass is 9.81. The van der Waals surface area contributed by atoms with Crippen molar-refractivity contribution in [3.8, 4) is 5.75 Å². The van der Waals surface area contributed by atoms with Crippen LogP contribution < -0.4 is 9.64 Å². The van der Waals surface area contributed by atoms with Crippen molar-refractivity contribution in [2.75, 3.05) is 25.5 Å². The monoisotopic (exact) mass is 344 g/mol. The average Bonchev–Trinajstić information content (AvgIpc) is 3.01. The Balaban J connectivity index is 1.50. The van der Waals surface area contributed by atoms with Gasteiger partial charge in [0, 0.05) is 24.7 Å². The van der Waals surface area contributed by atoms with Crippen LogP contribution in [0.4, 0.5) is 10.5 Å². The Bertz CT molecular complexity index is 671. The molecule has 0 N–H and O–H groups in total. The zero-order chi connectivity index (χ0) is 17.6. The Morgan fingerprint density at radius 2 is 1.96 bits per heavy atom. The first-order valence-electron chi connectivity index (χ1n) is 9.45. The standard InChI is InChI=1S/C20H28N2O3/c1-20-11-12-21(2)18(20)22(3)17-10-9-15(13-16(17)20)25-19(23)24-14-7-5-4-6-8-14/h9-10,13-14,18H,4-8,11-12H2,1-3H3/t18-,20-/m0/s1. The Morgan fingerprint density at radius 1 is 1.20 bits per heavy atom. The summed E-state index contributed by atoms with van der Waals surface area (Å²) in [5.41, 5.74) is 2.57. The Hall–Kier alpha value is -1.75. The summed E-state index contributed by atoms with van der Waals surface area (Å²) >= 11 is 0. The molecule has 1 aromatic carbocycles. The number of nitrogens with zero attached hydrogens (tertiary/aromatic N) is 2. The van der Waals surface area contributed by atoms with Gasteiger partial charge in [0.05, 0.1) is 6.17 Å². The smallest absolute Gasteiger partial charge is 0.431 e. The maximum atomic E-state index is 12.1. The molecule has 5 nitrogen and oxygen atoms in total. The van der Waals surface area contributed by atoms with Gasteiger partial charge in [-0.05, 0) is 62.9 Å². The van der Waals surface area contributed by atoms with E-state index in [-0.39, 0.29) is 11.5 Å². The van der Waals surface area contributed by atoms with Crippen molar-refractivity contribution in [3.05, 3.63) is 23.8 Å². The van der Waals surface area contributed by atoms with Gasteiger partial charge in [0.25, 0.3) is 0 Å². The van der Waals surface area contributed by atoms with Crippen LogP contribution in [0.1, 0.15) is 51.0 Å². The molecule has 1 saturated heterocycles. The minimum Gasteiger partial charge on any atom is -0.431 e. The van der Waals surface area contributed by atoms with Crippen LogP contribution >= 0.6 is 0 Å². The number of benzene rings is 1. The van der Waals surface area contributed by atoms with Gasteiger partial charge in [-0.2, -0.15) is 0 Å². The van der Waals surface area contributed by atoms with E-state index in [0.717, 1.165) is 38.6 Å². The second-order valence-corrected chi connectivity index (χ2v) is 8.04. The van der Waals surface area contributed by atoms with Crippen LogP contribution in [-0.2, 0) is 10.2 Å². The summed E-state index contributed by atoms with van der Waals surface area (Å²) in [6.07, 6.45) is 6.35. The molecule has 0 unspecified atom stereocenters. The third-order valence-corrected chi connectivity index (χ3v) is 6.32. The number of likely N-dealkylation sites (N-methyl/N-ethyl adjacent to an activating group) is 2. The Morgan fingerprint density at radius 3 is 2.72 bits per heavy atom. The molecule has 25 heavy (non-hydrogen) atoms. The van der Waals surface area contributed by atoms with Crippen LogP contribution in [0.3, 0.4) is 0 Å². The van der Waals surface area contributed by atoms with Crippen LogP contribution in [0.5, 0.6) is 5.75 Å². The number of fused-ring (bicyclic) bond motifs is 3. The molecule has 1 aliphatic carbocycles. The van der Waals surface area contributed by atoms with E-state index in [4.69, 9.17) is 9.47 Å². The molecule has 2 aliphatic heterocycles. The van der Waals surface area contributed by atoms with E-state index in [1.54, 1.807) is 0 Å². The highest BCUT2D eigenvalue weighted by molar-refractivity contribution is 5.69. The van der Waals surface area contributed by atoms with Crippen LogP contribution in [0.25, 0.3) is 0 Å².